The summed E-state index contributed by atoms with van der Waals surface area (Å²) >= 11 is 0. The van der Waals surface area contributed by atoms with Crippen LogP contribution in [0.15, 0.2) is 127 Å². The molecule has 0 unspecified atom stereocenters. The summed E-state index contributed by atoms with van der Waals surface area (Å²) in [6.07, 6.45) is 15.4. The van der Waals surface area contributed by atoms with E-state index in [0.717, 1.165) is 12.8 Å². The second-order valence-corrected chi connectivity index (χ2v) is 12.3. The Balaban J connectivity index is 1.25. The summed E-state index contributed by atoms with van der Waals surface area (Å²) in [6.45, 7) is 0. The van der Waals surface area contributed by atoms with Crippen molar-refractivity contribution in [1.29, 1.82) is 0 Å². The van der Waals surface area contributed by atoms with E-state index in [-0.39, 0.29) is 0 Å². The minimum Gasteiger partial charge on any atom is -0.308 e. The Morgan fingerprint density at radius 1 is 0.356 bits per heavy atom. The summed E-state index contributed by atoms with van der Waals surface area (Å²) in [6, 6.07) is 46.2. The van der Waals surface area contributed by atoms with Crippen LogP contribution in [0.25, 0.3) is 63.9 Å². The van der Waals surface area contributed by atoms with Gasteiger partial charge in [-0.2, -0.15) is 0 Å². The fourth-order valence-electron chi connectivity index (χ4n) is 7.29. The van der Waals surface area contributed by atoms with Crippen LogP contribution in [0.1, 0.15) is 55.6 Å². The number of rotatable bonds is 6. The molecule has 6 aromatic carbocycles. The second kappa shape index (κ2) is 10.5. The van der Waals surface area contributed by atoms with Crippen LogP contribution in [0.2, 0.25) is 0 Å². The summed E-state index contributed by atoms with van der Waals surface area (Å²) in [4.78, 5) is 0. The van der Waals surface area contributed by atoms with Crippen molar-refractivity contribution in [3.05, 3.63) is 183 Å². The Labute approximate surface area is 263 Å². The van der Waals surface area contributed by atoms with Crippen molar-refractivity contribution >= 4 is 58.3 Å². The molecule has 0 amide bonds. The molecule has 0 aliphatic carbocycles. The molecule has 3 heterocycles. The summed E-state index contributed by atoms with van der Waals surface area (Å²) in [7, 11) is 0. The average molecular weight is 574 g/mol. The van der Waals surface area contributed by atoms with Crippen molar-refractivity contribution in [1.82, 2.24) is 4.57 Å². The van der Waals surface area contributed by atoms with Gasteiger partial charge < -0.3 is 4.57 Å². The predicted octanol–water partition coefficient (Wildman–Crippen LogP) is 11.1. The molecular formula is C44H31N. The lowest BCUT2D eigenvalue weighted by Crippen LogP contribution is -2.16. The monoisotopic (exact) mass is 573 g/mol. The van der Waals surface area contributed by atoms with Crippen LogP contribution in [0.5, 0.6) is 0 Å². The van der Waals surface area contributed by atoms with E-state index in [2.05, 4.69) is 168 Å². The third-order valence-electron chi connectivity index (χ3n) is 9.24. The van der Waals surface area contributed by atoms with Gasteiger partial charge in [-0.15, -0.1) is 0 Å². The first-order chi connectivity index (χ1) is 22.3. The van der Waals surface area contributed by atoms with Crippen LogP contribution in [-0.4, -0.2) is 4.57 Å². The zero-order chi connectivity index (χ0) is 29.7. The van der Waals surface area contributed by atoms with E-state index in [1.165, 1.54) is 83.1 Å². The van der Waals surface area contributed by atoms with E-state index in [1.807, 2.05) is 0 Å². The molecule has 0 spiro atoms. The Bertz CT molecular complexity index is 2190. The van der Waals surface area contributed by atoms with E-state index in [9.17, 15) is 0 Å². The molecule has 0 fully saturated rings. The van der Waals surface area contributed by atoms with Gasteiger partial charge in [0, 0.05) is 23.6 Å². The van der Waals surface area contributed by atoms with Gasteiger partial charge in [-0.25, -0.2) is 0 Å². The molecule has 212 valence electrons. The van der Waals surface area contributed by atoms with E-state index in [4.69, 9.17) is 0 Å². The van der Waals surface area contributed by atoms with Gasteiger partial charge >= 0.3 is 0 Å². The van der Waals surface area contributed by atoms with Crippen LogP contribution >= 0.6 is 0 Å². The van der Waals surface area contributed by atoms with Gasteiger partial charge in [0.1, 0.15) is 0 Å². The molecule has 0 saturated carbocycles. The van der Waals surface area contributed by atoms with Gasteiger partial charge in [0.15, 0.2) is 0 Å². The van der Waals surface area contributed by atoms with Crippen molar-refractivity contribution in [2.75, 3.05) is 0 Å². The third-order valence-corrected chi connectivity index (χ3v) is 9.24. The van der Waals surface area contributed by atoms with Gasteiger partial charge in [-0.1, -0.05) is 127 Å². The maximum absolute atomic E-state index is 2.59. The highest BCUT2D eigenvalue weighted by Gasteiger charge is 2.30. The Morgan fingerprint density at radius 2 is 0.689 bits per heavy atom. The number of hydrogen-bond donors (Lipinski definition) is 0. The average Bonchev–Trinajstić information content (AvgIpc) is 3.42. The van der Waals surface area contributed by atoms with Crippen molar-refractivity contribution in [2.24, 2.45) is 0 Å². The van der Waals surface area contributed by atoms with Crippen molar-refractivity contribution in [2.45, 2.75) is 12.8 Å². The van der Waals surface area contributed by atoms with E-state index < -0.39 is 0 Å². The SMILES string of the molecule is C(=C\c1cc2c3c(c1)Cc1cc(/C=C/c4ccccc4)cc4c5cc(/C=C/c6ccccc6)cc(c5n-3c14)C2)/c1ccccc1. The fraction of sp³-hybridized carbons (Fsp3) is 0.0455. The van der Waals surface area contributed by atoms with Gasteiger partial charge in [0.05, 0.1) is 16.7 Å². The number of hydrogen-bond acceptors (Lipinski definition) is 0. The minimum absolute atomic E-state index is 0.936. The van der Waals surface area contributed by atoms with Crippen LogP contribution in [0, 0.1) is 0 Å². The standard InChI is InChI=1S/C44H31N/c1-4-10-30(11-5-1)16-19-33-22-36-28-38-24-34(20-17-31-12-6-2-7-13-31)26-40-41-27-35(21-18-32-14-8-3-9-15-32)25-39-29-37(23-33)42(36)45(43(38)40)44(39)41/h1-27H,28-29H2/b19-16+,20-17+,21-18+. The van der Waals surface area contributed by atoms with E-state index in [0.29, 0.717) is 0 Å². The normalized spacial score (nSPS) is 13.3. The Morgan fingerprint density at radius 3 is 1.09 bits per heavy atom. The molecular weight excluding hydrogens is 542 g/mol. The molecule has 9 rings (SSSR count). The summed E-state index contributed by atoms with van der Waals surface area (Å²) in [5.41, 5.74) is 17.2. The second-order valence-electron chi connectivity index (χ2n) is 12.3. The molecule has 0 radical (unpaired) electrons. The number of fused-ring (bicyclic) bond motifs is 1. The topological polar surface area (TPSA) is 4.93 Å². The zero-order valence-corrected chi connectivity index (χ0v) is 24.9. The lowest BCUT2D eigenvalue weighted by Gasteiger charge is -2.28. The molecule has 2 aliphatic heterocycles. The molecule has 1 nitrogen and oxygen atoms in total. The van der Waals surface area contributed by atoms with Crippen molar-refractivity contribution < 1.29 is 0 Å². The van der Waals surface area contributed by atoms with Gasteiger partial charge in [-0.05, 0) is 92.0 Å². The first-order valence-corrected chi connectivity index (χ1v) is 15.8. The summed E-state index contributed by atoms with van der Waals surface area (Å²) in [5, 5.41) is 2.69. The number of benzene rings is 6. The van der Waals surface area contributed by atoms with Crippen molar-refractivity contribution in [3.8, 4) is 5.69 Å². The predicted molar refractivity (Wildman–Crippen MR) is 193 cm³/mol. The van der Waals surface area contributed by atoms with Crippen LogP contribution < -0.4 is 0 Å². The molecule has 0 N–H and O–H groups in total. The summed E-state index contributed by atoms with van der Waals surface area (Å²) < 4.78 is 2.59. The number of aromatic nitrogens is 1. The highest BCUT2D eigenvalue weighted by atomic mass is 15.0. The van der Waals surface area contributed by atoms with Crippen LogP contribution in [-0.2, 0) is 12.8 Å². The molecule has 1 heteroatoms. The lowest BCUT2D eigenvalue weighted by atomic mass is 9.88. The maximum atomic E-state index is 2.59. The molecule has 7 aromatic rings. The van der Waals surface area contributed by atoms with E-state index >= 15 is 0 Å². The van der Waals surface area contributed by atoms with Gasteiger partial charge in [0.2, 0.25) is 0 Å². The Hall–Kier alpha value is -5.66. The molecule has 2 aliphatic rings. The van der Waals surface area contributed by atoms with Crippen molar-refractivity contribution in [3.63, 3.8) is 0 Å². The maximum Gasteiger partial charge on any atom is 0.0577 e. The van der Waals surface area contributed by atoms with Crippen LogP contribution in [0.4, 0.5) is 0 Å². The van der Waals surface area contributed by atoms with Gasteiger partial charge in [-0.3, -0.25) is 0 Å². The molecule has 0 atom stereocenters. The first-order valence-electron chi connectivity index (χ1n) is 15.8. The minimum atomic E-state index is 0.936. The zero-order valence-electron chi connectivity index (χ0n) is 24.9. The smallest absolute Gasteiger partial charge is 0.0577 e. The highest BCUT2D eigenvalue weighted by Crippen LogP contribution is 2.46. The molecule has 1 aromatic heterocycles. The largest absolute Gasteiger partial charge is 0.308 e. The highest BCUT2D eigenvalue weighted by molar-refractivity contribution is 6.14. The first kappa shape index (κ1) is 25.8. The molecule has 45 heavy (non-hydrogen) atoms. The molecule has 0 saturated heterocycles. The number of nitrogens with zero attached hydrogens (tertiary/aromatic N) is 1. The van der Waals surface area contributed by atoms with Crippen LogP contribution in [0.3, 0.4) is 0 Å². The fourth-order valence-corrected chi connectivity index (χ4v) is 7.29. The third kappa shape index (κ3) is 4.56. The lowest BCUT2D eigenvalue weighted by molar-refractivity contribution is 0.973. The quantitative estimate of drug-likeness (QED) is 0.174. The molecule has 0 bridgehead atoms. The Kier molecular flexibility index (Phi) is 6.02. The van der Waals surface area contributed by atoms with E-state index in [1.54, 1.807) is 0 Å². The summed E-state index contributed by atoms with van der Waals surface area (Å²) in [5.74, 6) is 0. The van der Waals surface area contributed by atoms with Gasteiger partial charge in [0.25, 0.3) is 0 Å².